The van der Waals surface area contributed by atoms with Gasteiger partial charge in [0.05, 0.1) is 20.4 Å². The molecule has 0 aliphatic heterocycles. The summed E-state index contributed by atoms with van der Waals surface area (Å²) in [6.45, 7) is 31.9. The van der Waals surface area contributed by atoms with Gasteiger partial charge >= 0.3 is 34.5 Å². The third kappa shape index (κ3) is 46.8. The van der Waals surface area contributed by atoms with E-state index in [1.807, 2.05) is 210 Å². The molecule has 13 N–H and O–H groups in total. The lowest BCUT2D eigenvalue weighted by Gasteiger charge is -1.89. The van der Waals surface area contributed by atoms with Gasteiger partial charge in [0.1, 0.15) is 83.1 Å². The number of hydrogen-bond donors (Lipinski definition) is 13. The molecule has 0 amide bonds. The number of methoxy groups -OCH3 is 2. The maximum atomic E-state index is 10.5. The van der Waals surface area contributed by atoms with Crippen LogP contribution in [-0.2, 0) is 98.7 Å². The molecule has 736 valence electrons. The van der Waals surface area contributed by atoms with Crippen LogP contribution in [0, 0.1) is 142 Å². The molecule has 59 heteroatoms. The molecule has 0 saturated heterocycles. The van der Waals surface area contributed by atoms with Gasteiger partial charge in [-0.3, -0.25) is 57.9 Å². The van der Waals surface area contributed by atoms with Crippen LogP contribution in [0.15, 0.2) is 90.4 Å². The Morgan fingerprint density at radius 2 is 0.985 bits per heavy atom. The molecule has 0 saturated carbocycles. The third-order valence-corrected chi connectivity index (χ3v) is 19.6. The molecule has 0 aliphatic rings. The molecule has 17 heterocycles. The summed E-state index contributed by atoms with van der Waals surface area (Å²) in [5.41, 5.74) is 5.54. The maximum Gasteiger partial charge on any atom is 0.361 e. The molecule has 0 radical (unpaired) electrons. The van der Waals surface area contributed by atoms with Crippen molar-refractivity contribution in [3.8, 4) is 12.0 Å². The van der Waals surface area contributed by atoms with Crippen molar-refractivity contribution in [1.82, 2.24) is 221 Å². The van der Waals surface area contributed by atoms with Crippen LogP contribution in [-0.4, -0.2) is 248 Å². The first kappa shape index (κ1) is 118. The number of aryl methyl sites for hydroxylation is 27. The van der Waals surface area contributed by atoms with Crippen molar-refractivity contribution >= 4 is 84.6 Å². The average Bonchev–Trinajstić information content (AvgIpc) is 1.79. The largest absolute Gasteiger partial charge is 0.468 e. The van der Waals surface area contributed by atoms with E-state index in [2.05, 4.69) is 161 Å². The summed E-state index contributed by atoms with van der Waals surface area (Å²) in [5.74, 6) is 9.05. The summed E-state index contributed by atoms with van der Waals surface area (Å²) in [4.78, 5) is 107. The first-order valence-corrected chi connectivity index (χ1v) is 44.0. The fourth-order valence-electron chi connectivity index (χ4n) is 8.39. The molecule has 0 aromatic carbocycles. The lowest BCUT2D eigenvalue weighted by Crippen LogP contribution is -2.13. The zero-order valence-corrected chi connectivity index (χ0v) is 87.9. The standard InChI is InChI=1S/C5H9N3S.3C5H8N2O.3C5H8N2S.4C4H7N3O.3C4H7N3S.3C4H7N3/c1-4-6-5(9-3)8(2)7-4;1-4-3-7(2)5(8)6-4;1-4-3-6-5(7-4)8-2;1-4-3-6-5(8)7(4)2;1-4-3-7(2)5(8)6-4;1-4-3-6-5(7-4)8-2;1-4-3-6-5(8)7(4)2;1-3-5-6-4(8)7(3)2;1-3-5-4(8)6-7(3)2;1-3-5-4(8-2)7-6-3;1-3-5-4(8)7(2)6-3;1-3-5-6-4(8)7(3)2;1-3-5-4(8)6-7(3)2;1-3-5-4(8)7(2)6-3;1-4-6-5-3-7(4)2;1-4-5-3-7(2)6-4;1-4-5-3-6-7(4)2/h1-3H3;3H,1-2H3,(H,6,8);3H,1-2H3,(H,6,7);2*3H,1-2H3,(H,6,8);3H,1-2H3,(H,6,7);3H,1-2H3,(H,6,8);2*1-2H3,(H,6,8);1-2H3,(H,5,6,7);1-2H3,(H,5,6,8);2*1-2H3,(H,6,8);1-2H3,(H,5,6,8);3*3H,1-2H3. The van der Waals surface area contributed by atoms with Crippen LogP contribution >= 0.6 is 84.6 Å². The number of thioether (sulfide) groups is 2. The third-order valence-electron chi connectivity index (χ3n) is 16.6. The second-order valence-corrected chi connectivity index (χ2v) is 31.3. The topological polar surface area (TPSA) is 610 Å². The Balaban J connectivity index is 0.000000712. The summed E-state index contributed by atoms with van der Waals surface area (Å²) in [7, 11) is 28.5. The van der Waals surface area contributed by atoms with Crippen LogP contribution in [0.25, 0.3) is 0 Å². The van der Waals surface area contributed by atoms with Gasteiger partial charge in [-0.1, -0.05) is 23.5 Å². The first-order valence-electron chi connectivity index (χ1n) is 39.5. The average molecular weight is 2000 g/mol. The second kappa shape index (κ2) is 61.0. The van der Waals surface area contributed by atoms with E-state index in [1.165, 1.54) is 27.3 Å². The molecule has 0 bridgehead atoms. The molecule has 17 aromatic rings. The minimum Gasteiger partial charge on any atom is -0.468 e. The molecular weight excluding hydrogens is 1870 g/mol. The molecule has 0 atom stereocenters. The van der Waals surface area contributed by atoms with E-state index in [4.69, 9.17) is 65.8 Å². The number of aromatic amines is 13. The van der Waals surface area contributed by atoms with E-state index in [9.17, 15) is 24.0 Å². The Morgan fingerprint density at radius 3 is 1.14 bits per heavy atom. The Kier molecular flexibility index (Phi) is 53.8. The van der Waals surface area contributed by atoms with E-state index in [0.29, 0.717) is 43.8 Å². The van der Waals surface area contributed by atoms with Crippen LogP contribution in [0.2, 0.25) is 0 Å². The lowest BCUT2D eigenvalue weighted by molar-refractivity contribution is 0.381. The van der Waals surface area contributed by atoms with Crippen LogP contribution in [0.5, 0.6) is 12.0 Å². The quantitative estimate of drug-likeness (QED) is 0.0626. The minimum atomic E-state index is -0.287. The highest BCUT2D eigenvalue weighted by atomic mass is 32.2. The van der Waals surface area contributed by atoms with E-state index in [0.717, 1.165) is 101 Å². The zero-order chi connectivity index (χ0) is 102. The number of imidazole rings is 6. The predicted molar refractivity (Wildman–Crippen MR) is 525 cm³/mol. The normalized spacial score (nSPS) is 9.66. The number of nitrogens with one attached hydrogen (secondary N) is 13. The molecule has 52 nitrogen and oxygen atoms in total. The Labute approximate surface area is 806 Å². The van der Waals surface area contributed by atoms with Crippen LogP contribution in [0.1, 0.15) is 98.2 Å². The van der Waals surface area contributed by atoms with Crippen LogP contribution in [0.4, 0.5) is 0 Å². The first-order chi connectivity index (χ1) is 62.7. The molecule has 17 aromatic heterocycles. The molecule has 17 rings (SSSR count). The Hall–Kier alpha value is -13.8. The smallest absolute Gasteiger partial charge is 0.361 e. The molecule has 0 unspecified atom stereocenters. The van der Waals surface area contributed by atoms with E-state index >= 15 is 0 Å². The fourth-order valence-corrected chi connectivity index (χ4v) is 10.4. The van der Waals surface area contributed by atoms with Gasteiger partial charge in [0.25, 0.3) is 6.01 Å². The van der Waals surface area contributed by atoms with Crippen LogP contribution in [0.3, 0.4) is 0 Å². The number of H-pyrrole nitrogens is 13. The zero-order valence-electron chi connectivity index (χ0n) is 82.2. The summed E-state index contributed by atoms with van der Waals surface area (Å²) >= 11 is 27.3. The van der Waals surface area contributed by atoms with Gasteiger partial charge in [0, 0.05) is 164 Å². The van der Waals surface area contributed by atoms with E-state index < -0.39 is 0 Å². The Bertz CT molecular complexity index is 6110. The Morgan fingerprint density at radius 1 is 0.396 bits per heavy atom. The van der Waals surface area contributed by atoms with Gasteiger partial charge in [-0.2, -0.15) is 40.6 Å². The van der Waals surface area contributed by atoms with Crippen molar-refractivity contribution in [3.63, 3.8) is 0 Å². The van der Waals surface area contributed by atoms with Crippen LogP contribution < -0.4 is 37.9 Å². The van der Waals surface area contributed by atoms with Crippen molar-refractivity contribution in [2.75, 3.05) is 26.7 Å². The summed E-state index contributed by atoms with van der Waals surface area (Å²) in [5, 5.41) is 51.8. The molecule has 134 heavy (non-hydrogen) atoms. The van der Waals surface area contributed by atoms with Crippen molar-refractivity contribution in [2.45, 2.75) is 128 Å². The summed E-state index contributed by atoms with van der Waals surface area (Å²) in [6.07, 6.45) is 19.7. The second-order valence-electron chi connectivity index (χ2n) is 27.8. The van der Waals surface area contributed by atoms with Gasteiger partial charge in [0.15, 0.2) is 24.6 Å². The molecule has 0 fully saturated rings. The molecule has 0 spiro atoms. The summed E-state index contributed by atoms with van der Waals surface area (Å²) in [6, 6.07) is 0.963. The van der Waals surface area contributed by atoms with Gasteiger partial charge in [-0.05, 0) is 191 Å². The number of ether oxygens (including phenoxy) is 2. The van der Waals surface area contributed by atoms with Crippen molar-refractivity contribution < 1.29 is 9.47 Å². The lowest BCUT2D eigenvalue weighted by atomic mass is 10.5. The number of aromatic nitrogens is 45. The highest BCUT2D eigenvalue weighted by Crippen LogP contribution is 2.10. The monoisotopic (exact) mass is 1990 g/mol. The number of nitrogens with zero attached hydrogens (tertiary/aromatic N) is 32. The van der Waals surface area contributed by atoms with Crippen molar-refractivity contribution in [2.24, 2.45) is 98.7 Å². The predicted octanol–water partition coefficient (Wildman–Crippen LogP) is 6.94. The highest BCUT2D eigenvalue weighted by molar-refractivity contribution is 7.98. The van der Waals surface area contributed by atoms with E-state index in [1.54, 1.807) is 151 Å². The van der Waals surface area contributed by atoms with Gasteiger partial charge in [0.2, 0.25) is 9.54 Å². The van der Waals surface area contributed by atoms with E-state index in [-0.39, 0.29) is 28.4 Å². The summed E-state index contributed by atoms with van der Waals surface area (Å²) < 4.78 is 36.3. The van der Waals surface area contributed by atoms with Gasteiger partial charge in [-0.15, -0.1) is 15.3 Å². The minimum absolute atomic E-state index is 0.0532. The fraction of sp³-hybridized carbons (Fsp3) is 0.467. The number of rotatable bonds is 4. The van der Waals surface area contributed by atoms with Gasteiger partial charge in [-0.25, -0.2) is 78.4 Å². The molecule has 0 aliphatic carbocycles. The van der Waals surface area contributed by atoms with Crippen molar-refractivity contribution in [3.05, 3.63) is 231 Å². The SMILES string of the molecule is COc1n[nH]c(C)n1.COc1ncc(C)[nH]1.CSc1nc(C)nn1C.CSc1ncc(C)[nH]1.Cc1c[nH]c(=O)n1C.Cc1c[nH]c(=S)n1C.Cc1cn(C)c(=O)[nH]1.Cc1cn(C)c(=S)[nH]1.Cc1n[nH]c(=O)n1C.Cc1n[nH]c(=S)n1C.Cc1nc(=O)[nH]n1C.Cc1nc(=S)[nH]n1C.Cc1nc(=S)n(C)[nH]1.Cc1ncn(C)n1.Cc1ncnn1C.Cc1nn(C)c(=O)[nH]1.Cc1nncn1C. The highest BCUT2D eigenvalue weighted by Gasteiger charge is 2.02. The molecular formula is C75H127N45O7S7. The number of hydrogen-bond acceptors (Lipinski definition) is 32. The maximum absolute atomic E-state index is 10.5. The van der Waals surface area contributed by atoms with Crippen molar-refractivity contribution in [1.29, 1.82) is 0 Å². The van der Waals surface area contributed by atoms with Gasteiger partial charge < -0.3 is 62.2 Å².